The smallest absolute Gasteiger partial charge is 0.338 e. The van der Waals surface area contributed by atoms with E-state index in [1.165, 1.54) is 6.26 Å². The molecule has 1 aliphatic rings. The first-order chi connectivity index (χ1) is 15.3. The molecule has 2 heterocycles. The highest BCUT2D eigenvalue weighted by Crippen LogP contribution is 2.28. The number of nitrogens with one attached hydrogen (secondary N) is 3. The van der Waals surface area contributed by atoms with Crippen molar-refractivity contribution < 1.29 is 23.5 Å². The molecule has 32 heavy (non-hydrogen) atoms. The summed E-state index contributed by atoms with van der Waals surface area (Å²) in [6.07, 6.45) is 1.47. The number of esters is 1. The lowest BCUT2D eigenvalue weighted by Gasteiger charge is -2.29. The van der Waals surface area contributed by atoms with Gasteiger partial charge in [0.25, 0.3) is 0 Å². The lowest BCUT2D eigenvalue weighted by molar-refractivity contribution is -0.139. The van der Waals surface area contributed by atoms with Gasteiger partial charge in [0.2, 0.25) is 5.91 Å². The quantitative estimate of drug-likeness (QED) is 0.544. The molecule has 0 radical (unpaired) electrons. The molecule has 0 fully saturated rings. The molecule has 9 nitrogen and oxygen atoms in total. The summed E-state index contributed by atoms with van der Waals surface area (Å²) < 4.78 is 10.6. The molecule has 0 saturated heterocycles. The molecule has 0 bridgehead atoms. The van der Waals surface area contributed by atoms with E-state index in [1.807, 2.05) is 32.0 Å². The van der Waals surface area contributed by atoms with Gasteiger partial charge in [0, 0.05) is 17.9 Å². The number of ether oxygens (including phenoxy) is 1. The molecule has 1 aromatic heterocycles. The Morgan fingerprint density at radius 2 is 2.00 bits per heavy atom. The second kappa shape index (κ2) is 10.1. The summed E-state index contributed by atoms with van der Waals surface area (Å²) in [4.78, 5) is 39.3. The third kappa shape index (κ3) is 5.36. The lowest BCUT2D eigenvalue weighted by Crippen LogP contribution is -2.48. The number of benzene rings is 1. The van der Waals surface area contributed by atoms with Crippen molar-refractivity contribution in [3.05, 3.63) is 64.8 Å². The summed E-state index contributed by atoms with van der Waals surface area (Å²) in [5.41, 5.74) is 3.44. The molecule has 1 unspecified atom stereocenters. The van der Waals surface area contributed by atoms with E-state index in [0.717, 1.165) is 16.8 Å². The van der Waals surface area contributed by atoms with Crippen LogP contribution in [0.2, 0.25) is 0 Å². The van der Waals surface area contributed by atoms with Gasteiger partial charge in [0.05, 0.1) is 25.0 Å². The average molecular weight is 441 g/mol. The largest absolute Gasteiger partial charge is 0.467 e. The Bertz CT molecular complexity index is 1030. The van der Waals surface area contributed by atoms with Gasteiger partial charge in [-0.05, 0) is 57.1 Å². The van der Waals surface area contributed by atoms with Crippen molar-refractivity contribution in [1.29, 1.82) is 0 Å². The predicted octanol–water partition coefficient (Wildman–Crippen LogP) is 2.64. The molecule has 170 valence electrons. The maximum Gasteiger partial charge on any atom is 0.338 e. The van der Waals surface area contributed by atoms with Gasteiger partial charge in [-0.3, -0.25) is 9.69 Å². The number of rotatable bonds is 8. The van der Waals surface area contributed by atoms with Gasteiger partial charge in [-0.2, -0.15) is 0 Å². The van der Waals surface area contributed by atoms with Crippen molar-refractivity contribution in [2.24, 2.45) is 0 Å². The van der Waals surface area contributed by atoms with Crippen LogP contribution in [0.25, 0.3) is 0 Å². The summed E-state index contributed by atoms with van der Waals surface area (Å²) >= 11 is 0. The number of hydrogen-bond donors (Lipinski definition) is 3. The highest BCUT2D eigenvalue weighted by Gasteiger charge is 2.35. The molecule has 1 aliphatic heterocycles. The van der Waals surface area contributed by atoms with E-state index in [2.05, 4.69) is 16.0 Å². The van der Waals surface area contributed by atoms with Crippen molar-refractivity contribution in [2.45, 2.75) is 26.8 Å². The summed E-state index contributed by atoms with van der Waals surface area (Å²) in [5, 5.41) is 8.29. The van der Waals surface area contributed by atoms with Gasteiger partial charge >= 0.3 is 12.0 Å². The first-order valence-corrected chi connectivity index (χ1v) is 10.4. The van der Waals surface area contributed by atoms with Crippen molar-refractivity contribution in [3.63, 3.8) is 0 Å². The van der Waals surface area contributed by atoms with Crippen LogP contribution in [-0.4, -0.2) is 49.6 Å². The summed E-state index contributed by atoms with van der Waals surface area (Å²) in [5.74, 6) is -0.359. The molecule has 9 heteroatoms. The number of aryl methyl sites for hydroxylation is 1. The van der Waals surface area contributed by atoms with E-state index in [0.29, 0.717) is 11.5 Å². The van der Waals surface area contributed by atoms with Crippen LogP contribution in [-0.2, 0) is 14.3 Å². The van der Waals surface area contributed by atoms with Gasteiger partial charge in [-0.1, -0.05) is 12.1 Å². The Balaban J connectivity index is 1.78. The number of amides is 3. The number of urea groups is 1. The van der Waals surface area contributed by atoms with E-state index in [4.69, 9.17) is 9.15 Å². The Kier molecular flexibility index (Phi) is 7.32. The summed E-state index contributed by atoms with van der Waals surface area (Å²) in [6.45, 7) is 6.03. The van der Waals surface area contributed by atoms with Crippen LogP contribution in [0.3, 0.4) is 0 Å². The molecule has 3 N–H and O–H groups in total. The fourth-order valence-corrected chi connectivity index (χ4v) is 3.51. The van der Waals surface area contributed by atoms with E-state index in [-0.39, 0.29) is 31.2 Å². The minimum atomic E-state index is -0.787. The lowest BCUT2D eigenvalue weighted by atomic mass is 10.00. The third-order valence-corrected chi connectivity index (χ3v) is 5.20. The Morgan fingerprint density at radius 3 is 2.69 bits per heavy atom. The molecule has 0 saturated carbocycles. The number of anilines is 1. The second-order valence-electron chi connectivity index (χ2n) is 7.63. The minimum Gasteiger partial charge on any atom is -0.467 e. The van der Waals surface area contributed by atoms with Crippen LogP contribution in [0.1, 0.15) is 29.9 Å². The average Bonchev–Trinajstić information content (AvgIpc) is 3.25. The number of furan rings is 1. The van der Waals surface area contributed by atoms with Crippen molar-refractivity contribution >= 4 is 23.6 Å². The standard InChI is InChI=1S/C23H28N4O5/c1-5-31-22(29)20-17(25-23(30)26-21(20)18-10-7-11-32-18)12-27(4)13-19(28)24-16-9-6-8-14(2)15(16)3/h6-11,21H,5,12-13H2,1-4H3,(H,24,28)(H2,25,26,30). The van der Waals surface area contributed by atoms with Crippen LogP contribution < -0.4 is 16.0 Å². The van der Waals surface area contributed by atoms with Crippen molar-refractivity contribution in [2.75, 3.05) is 32.1 Å². The van der Waals surface area contributed by atoms with Crippen molar-refractivity contribution in [1.82, 2.24) is 15.5 Å². The monoisotopic (exact) mass is 440 g/mol. The number of carbonyl (C=O) groups is 3. The Labute approximate surface area is 186 Å². The third-order valence-electron chi connectivity index (χ3n) is 5.20. The fourth-order valence-electron chi connectivity index (χ4n) is 3.51. The predicted molar refractivity (Wildman–Crippen MR) is 119 cm³/mol. The number of hydrogen-bond acceptors (Lipinski definition) is 6. The summed E-state index contributed by atoms with van der Waals surface area (Å²) in [7, 11) is 1.73. The zero-order valence-corrected chi connectivity index (χ0v) is 18.7. The van der Waals surface area contributed by atoms with Gasteiger partial charge in [0.15, 0.2) is 0 Å². The van der Waals surface area contributed by atoms with Crippen LogP contribution in [0.4, 0.5) is 10.5 Å². The molecule has 0 aliphatic carbocycles. The van der Waals surface area contributed by atoms with Crippen LogP contribution in [0.15, 0.2) is 52.3 Å². The van der Waals surface area contributed by atoms with E-state index < -0.39 is 18.0 Å². The van der Waals surface area contributed by atoms with E-state index in [9.17, 15) is 14.4 Å². The summed E-state index contributed by atoms with van der Waals surface area (Å²) in [6, 6.07) is 7.81. The SMILES string of the molecule is CCOC(=O)C1=C(CN(C)CC(=O)Nc2cccc(C)c2C)NC(=O)NC1c1ccco1. The first-order valence-electron chi connectivity index (χ1n) is 10.4. The zero-order chi connectivity index (χ0) is 23.3. The Hall–Kier alpha value is -3.59. The highest BCUT2D eigenvalue weighted by molar-refractivity contribution is 5.95. The first kappa shape index (κ1) is 23.1. The molecular weight excluding hydrogens is 412 g/mol. The topological polar surface area (TPSA) is 113 Å². The Morgan fingerprint density at radius 1 is 1.22 bits per heavy atom. The van der Waals surface area contributed by atoms with E-state index >= 15 is 0 Å². The van der Waals surface area contributed by atoms with Gasteiger partial charge in [-0.25, -0.2) is 9.59 Å². The maximum atomic E-state index is 12.7. The molecule has 3 rings (SSSR count). The van der Waals surface area contributed by atoms with Gasteiger partial charge < -0.3 is 25.1 Å². The van der Waals surface area contributed by atoms with Crippen molar-refractivity contribution in [3.8, 4) is 0 Å². The number of likely N-dealkylation sites (N-methyl/N-ethyl adjacent to an activating group) is 1. The van der Waals surface area contributed by atoms with Gasteiger partial charge in [0.1, 0.15) is 11.8 Å². The van der Waals surface area contributed by atoms with E-state index in [1.54, 1.807) is 31.0 Å². The van der Waals surface area contributed by atoms with Crippen LogP contribution in [0, 0.1) is 13.8 Å². The number of nitrogens with zero attached hydrogens (tertiary/aromatic N) is 1. The number of carbonyl (C=O) groups excluding carboxylic acids is 3. The molecule has 1 aromatic carbocycles. The highest BCUT2D eigenvalue weighted by atomic mass is 16.5. The second-order valence-corrected chi connectivity index (χ2v) is 7.63. The molecule has 0 spiro atoms. The molecule has 3 amide bonds. The maximum absolute atomic E-state index is 12.7. The van der Waals surface area contributed by atoms with Gasteiger partial charge in [-0.15, -0.1) is 0 Å². The zero-order valence-electron chi connectivity index (χ0n) is 18.7. The van der Waals surface area contributed by atoms with Crippen LogP contribution >= 0.6 is 0 Å². The van der Waals surface area contributed by atoms with Crippen LogP contribution in [0.5, 0.6) is 0 Å². The minimum absolute atomic E-state index is 0.0572. The normalized spacial score (nSPS) is 15.9. The molecule has 1 atom stereocenters. The fraction of sp³-hybridized carbons (Fsp3) is 0.348. The molecular formula is C23H28N4O5. The molecule has 2 aromatic rings.